The average Bonchev–Trinajstić information content (AvgIpc) is 2.52. The van der Waals surface area contributed by atoms with Crippen LogP contribution in [-0.4, -0.2) is 12.3 Å². The van der Waals surface area contributed by atoms with Gasteiger partial charge in [0.2, 0.25) is 0 Å². The summed E-state index contributed by atoms with van der Waals surface area (Å²) in [7, 11) is 0. The number of Topliss-reactive ketones (excluding diaryl/α,β-unsaturated/α-hetero) is 1. The van der Waals surface area contributed by atoms with Gasteiger partial charge in [-0.05, 0) is 40.3 Å². The fraction of sp³-hybridized carbons (Fsp3) is 0.278. The average molecular weight is 393 g/mol. The third-order valence-corrected chi connectivity index (χ3v) is 4.38. The van der Waals surface area contributed by atoms with Crippen molar-refractivity contribution in [2.45, 2.75) is 26.3 Å². The van der Waals surface area contributed by atoms with E-state index in [4.69, 9.17) is 0 Å². The van der Waals surface area contributed by atoms with Crippen molar-refractivity contribution in [2.24, 2.45) is 0 Å². The van der Waals surface area contributed by atoms with Crippen molar-refractivity contribution in [1.82, 2.24) is 0 Å². The van der Waals surface area contributed by atoms with E-state index in [1.165, 1.54) is 14.8 Å². The van der Waals surface area contributed by atoms with Gasteiger partial charge in [-0.2, -0.15) is 0 Å². The van der Waals surface area contributed by atoms with Crippen molar-refractivity contribution in [1.29, 1.82) is 0 Å². The molecule has 2 nitrogen and oxygen atoms in total. The molecule has 0 spiro atoms. The minimum absolute atomic E-state index is 0.319. The number of carbonyl (C=O) groups excluding carboxylic acids is 1. The van der Waals surface area contributed by atoms with Gasteiger partial charge in [-0.3, -0.25) is 4.79 Å². The Balaban J connectivity index is 2.18. The fourth-order valence-corrected chi connectivity index (χ4v) is 2.96. The van der Waals surface area contributed by atoms with Gasteiger partial charge in [0.1, 0.15) is 5.78 Å². The molecule has 0 radical (unpaired) electrons. The van der Waals surface area contributed by atoms with Crippen molar-refractivity contribution in [2.75, 3.05) is 11.4 Å². The van der Waals surface area contributed by atoms with Crippen LogP contribution in [0.3, 0.4) is 0 Å². The van der Waals surface area contributed by atoms with Crippen molar-refractivity contribution >= 4 is 34.1 Å². The van der Waals surface area contributed by atoms with Gasteiger partial charge in [-0.25, -0.2) is 0 Å². The first-order valence-electron chi connectivity index (χ1n) is 7.25. The number of carbonyl (C=O) groups is 1. The molecule has 0 fully saturated rings. The minimum atomic E-state index is 0.319. The second-order valence-corrected chi connectivity index (χ2v) is 6.16. The van der Waals surface area contributed by atoms with Crippen LogP contribution in [0.4, 0.5) is 5.69 Å². The molecule has 2 aromatic rings. The Morgan fingerprint density at radius 2 is 1.71 bits per heavy atom. The van der Waals surface area contributed by atoms with Crippen LogP contribution in [-0.2, 0) is 11.3 Å². The summed E-state index contributed by atoms with van der Waals surface area (Å²) in [5, 5.41) is 0. The maximum Gasteiger partial charge on any atom is 0.134 e. The SMILES string of the molecule is CCC(=O)CCN(Cc1ccccc1)c1ccccc1I. The highest BCUT2D eigenvalue weighted by atomic mass is 127. The third-order valence-electron chi connectivity index (χ3n) is 3.46. The molecule has 0 aliphatic rings. The zero-order valence-electron chi connectivity index (χ0n) is 12.3. The first-order chi connectivity index (χ1) is 10.2. The first kappa shape index (κ1) is 16.0. The van der Waals surface area contributed by atoms with E-state index in [1.807, 2.05) is 19.1 Å². The normalized spacial score (nSPS) is 10.4. The van der Waals surface area contributed by atoms with Gasteiger partial charge in [-0.15, -0.1) is 0 Å². The van der Waals surface area contributed by atoms with Gasteiger partial charge >= 0.3 is 0 Å². The van der Waals surface area contributed by atoms with Crippen LogP contribution in [0, 0.1) is 3.57 Å². The smallest absolute Gasteiger partial charge is 0.134 e. The zero-order chi connectivity index (χ0) is 15.1. The Morgan fingerprint density at radius 3 is 2.38 bits per heavy atom. The minimum Gasteiger partial charge on any atom is -0.366 e. The number of nitrogens with zero attached hydrogens (tertiary/aromatic N) is 1. The second-order valence-electron chi connectivity index (χ2n) is 5.00. The summed E-state index contributed by atoms with van der Waals surface area (Å²) in [4.78, 5) is 14.0. The molecule has 0 unspecified atom stereocenters. The van der Waals surface area contributed by atoms with Crippen LogP contribution in [0.5, 0.6) is 0 Å². The lowest BCUT2D eigenvalue weighted by Gasteiger charge is -2.26. The van der Waals surface area contributed by atoms with Gasteiger partial charge in [-0.1, -0.05) is 49.4 Å². The highest BCUT2D eigenvalue weighted by Gasteiger charge is 2.11. The molecule has 0 amide bonds. The van der Waals surface area contributed by atoms with E-state index in [0.717, 1.165) is 13.1 Å². The number of para-hydroxylation sites is 1. The van der Waals surface area contributed by atoms with E-state index >= 15 is 0 Å². The number of rotatable bonds is 7. The maximum atomic E-state index is 11.7. The van der Waals surface area contributed by atoms with Crippen LogP contribution in [0.2, 0.25) is 0 Å². The Morgan fingerprint density at radius 1 is 1.05 bits per heavy atom. The number of hydrogen-bond donors (Lipinski definition) is 0. The van der Waals surface area contributed by atoms with Crippen LogP contribution in [0.25, 0.3) is 0 Å². The number of benzene rings is 2. The summed E-state index contributed by atoms with van der Waals surface area (Å²) < 4.78 is 1.22. The topological polar surface area (TPSA) is 20.3 Å². The first-order valence-corrected chi connectivity index (χ1v) is 8.33. The van der Waals surface area contributed by atoms with Crippen molar-refractivity contribution in [3.05, 3.63) is 63.7 Å². The predicted molar refractivity (Wildman–Crippen MR) is 96.6 cm³/mol. The summed E-state index contributed by atoms with van der Waals surface area (Å²) in [6, 6.07) is 18.7. The van der Waals surface area contributed by atoms with Gasteiger partial charge in [0.25, 0.3) is 0 Å². The Labute approximate surface area is 140 Å². The maximum absolute atomic E-state index is 11.7. The summed E-state index contributed by atoms with van der Waals surface area (Å²) in [6.45, 7) is 3.52. The van der Waals surface area contributed by atoms with Gasteiger partial charge in [0.15, 0.2) is 0 Å². The molecule has 0 bridgehead atoms. The Bertz CT molecular complexity index is 583. The molecule has 2 rings (SSSR count). The molecule has 0 heterocycles. The molecule has 2 aromatic carbocycles. The van der Waals surface area contributed by atoms with Crippen molar-refractivity contribution < 1.29 is 4.79 Å². The third kappa shape index (κ3) is 4.84. The van der Waals surface area contributed by atoms with E-state index < -0.39 is 0 Å². The lowest BCUT2D eigenvalue weighted by atomic mass is 10.1. The van der Waals surface area contributed by atoms with Crippen LogP contribution in [0.1, 0.15) is 25.3 Å². The standard InChI is InChI=1S/C18H20INO/c1-2-16(21)12-13-20(14-15-8-4-3-5-9-15)18-11-7-6-10-17(18)19/h3-11H,2,12-14H2,1H3. The molecule has 3 heteroatoms. The van der Waals surface area contributed by atoms with Gasteiger partial charge in [0, 0.05) is 29.5 Å². The van der Waals surface area contributed by atoms with Crippen LogP contribution >= 0.6 is 22.6 Å². The lowest BCUT2D eigenvalue weighted by Crippen LogP contribution is -2.26. The molecule has 21 heavy (non-hydrogen) atoms. The summed E-state index contributed by atoms with van der Waals surface area (Å²) in [5.41, 5.74) is 2.46. The predicted octanol–water partition coefficient (Wildman–Crippen LogP) is 4.67. The molecule has 0 saturated heterocycles. The fourth-order valence-electron chi connectivity index (χ4n) is 2.23. The molecule has 0 atom stereocenters. The van der Waals surface area contributed by atoms with Gasteiger partial charge in [0.05, 0.1) is 5.69 Å². The van der Waals surface area contributed by atoms with E-state index in [2.05, 4.69) is 70.0 Å². The molecular formula is C18H20INO. The number of anilines is 1. The number of ketones is 1. The monoisotopic (exact) mass is 393 g/mol. The van der Waals surface area contributed by atoms with Crippen molar-refractivity contribution in [3.63, 3.8) is 0 Å². The van der Waals surface area contributed by atoms with Crippen molar-refractivity contribution in [3.8, 4) is 0 Å². The van der Waals surface area contributed by atoms with E-state index in [0.29, 0.717) is 18.6 Å². The molecule has 0 aromatic heterocycles. The number of halogens is 1. The summed E-state index contributed by atoms with van der Waals surface area (Å²) in [6.07, 6.45) is 1.22. The largest absolute Gasteiger partial charge is 0.366 e. The highest BCUT2D eigenvalue weighted by molar-refractivity contribution is 14.1. The van der Waals surface area contributed by atoms with E-state index in [1.54, 1.807) is 0 Å². The molecular weight excluding hydrogens is 373 g/mol. The summed E-state index contributed by atoms with van der Waals surface area (Å²) >= 11 is 2.36. The molecule has 0 aliphatic heterocycles. The van der Waals surface area contributed by atoms with Crippen LogP contribution in [0.15, 0.2) is 54.6 Å². The second kappa shape index (κ2) is 8.17. The summed E-state index contributed by atoms with van der Waals surface area (Å²) in [5.74, 6) is 0.319. The van der Waals surface area contributed by atoms with E-state index in [9.17, 15) is 4.79 Å². The molecule has 0 aliphatic carbocycles. The quantitative estimate of drug-likeness (QED) is 0.638. The number of hydrogen-bond acceptors (Lipinski definition) is 2. The Kier molecular flexibility index (Phi) is 6.23. The highest BCUT2D eigenvalue weighted by Crippen LogP contribution is 2.24. The Hall–Kier alpha value is -1.36. The zero-order valence-corrected chi connectivity index (χ0v) is 14.4. The molecule has 0 saturated carbocycles. The molecule has 0 N–H and O–H groups in total. The van der Waals surface area contributed by atoms with Gasteiger partial charge < -0.3 is 4.90 Å². The van der Waals surface area contributed by atoms with Crippen LogP contribution < -0.4 is 4.90 Å². The van der Waals surface area contributed by atoms with E-state index in [-0.39, 0.29) is 0 Å². The lowest BCUT2D eigenvalue weighted by molar-refractivity contribution is -0.118. The molecule has 110 valence electrons.